The number of non-ortho nitro benzene ring substituents is 1. The Morgan fingerprint density at radius 2 is 2.24 bits per heavy atom. The minimum atomic E-state index is -0.680. The molecule has 17 heavy (non-hydrogen) atoms. The number of hydrogen-bond donors (Lipinski definition) is 0. The lowest BCUT2D eigenvalue weighted by molar-refractivity contribution is -0.385. The maximum absolute atomic E-state index is 13.1. The van der Waals surface area contributed by atoms with Crippen LogP contribution in [0.5, 0.6) is 5.75 Å². The van der Waals surface area contributed by atoms with Gasteiger partial charge in [-0.1, -0.05) is 6.07 Å². The van der Waals surface area contributed by atoms with Gasteiger partial charge in [-0.15, -0.1) is 11.3 Å². The quantitative estimate of drug-likeness (QED) is 0.620. The summed E-state index contributed by atoms with van der Waals surface area (Å²) in [6.45, 7) is 0.276. The van der Waals surface area contributed by atoms with E-state index in [1.807, 2.05) is 17.5 Å². The van der Waals surface area contributed by atoms with Gasteiger partial charge >= 0.3 is 0 Å². The largest absolute Gasteiger partial charge is 0.488 e. The van der Waals surface area contributed by atoms with Crippen molar-refractivity contribution in [1.82, 2.24) is 0 Å². The van der Waals surface area contributed by atoms with E-state index in [2.05, 4.69) is 0 Å². The van der Waals surface area contributed by atoms with Crippen molar-refractivity contribution in [2.75, 3.05) is 0 Å². The Hall–Kier alpha value is -1.95. The van der Waals surface area contributed by atoms with Crippen LogP contribution in [0, 0.1) is 15.9 Å². The fraction of sp³-hybridized carbons (Fsp3) is 0.0909. The Bertz CT molecular complexity index is 528. The van der Waals surface area contributed by atoms with Gasteiger partial charge in [0, 0.05) is 10.9 Å². The Morgan fingerprint density at radius 3 is 2.88 bits per heavy atom. The number of rotatable bonds is 4. The predicted molar refractivity (Wildman–Crippen MR) is 61.7 cm³/mol. The van der Waals surface area contributed by atoms with Crippen LogP contribution >= 0.6 is 11.3 Å². The van der Waals surface area contributed by atoms with E-state index >= 15 is 0 Å². The minimum Gasteiger partial charge on any atom is -0.488 e. The lowest BCUT2D eigenvalue weighted by atomic mass is 10.3. The Balaban J connectivity index is 2.13. The van der Waals surface area contributed by atoms with Gasteiger partial charge in [-0.05, 0) is 11.4 Å². The second-order valence-electron chi connectivity index (χ2n) is 3.27. The minimum absolute atomic E-state index is 0.158. The number of nitro groups is 1. The first kappa shape index (κ1) is 11.5. The molecule has 0 saturated carbocycles. The second kappa shape index (κ2) is 4.92. The fourth-order valence-electron chi connectivity index (χ4n) is 1.29. The topological polar surface area (TPSA) is 52.4 Å². The van der Waals surface area contributed by atoms with Gasteiger partial charge in [0.05, 0.1) is 17.1 Å². The van der Waals surface area contributed by atoms with E-state index in [-0.39, 0.29) is 18.0 Å². The van der Waals surface area contributed by atoms with Gasteiger partial charge in [-0.2, -0.15) is 0 Å². The number of thiophene rings is 1. The van der Waals surface area contributed by atoms with Crippen molar-refractivity contribution < 1.29 is 14.1 Å². The van der Waals surface area contributed by atoms with E-state index in [0.717, 1.165) is 17.0 Å². The van der Waals surface area contributed by atoms with E-state index in [1.54, 1.807) is 0 Å². The van der Waals surface area contributed by atoms with Crippen molar-refractivity contribution >= 4 is 17.0 Å². The molecule has 0 spiro atoms. The van der Waals surface area contributed by atoms with E-state index in [9.17, 15) is 14.5 Å². The van der Waals surface area contributed by atoms with Gasteiger partial charge in [0.25, 0.3) is 5.69 Å². The molecule has 0 atom stereocenters. The first-order valence-electron chi connectivity index (χ1n) is 4.75. The van der Waals surface area contributed by atoms with Crippen LogP contribution in [0.4, 0.5) is 10.1 Å². The predicted octanol–water partition coefficient (Wildman–Crippen LogP) is 3.37. The lowest BCUT2D eigenvalue weighted by Gasteiger charge is -2.04. The molecule has 1 aromatic carbocycles. The monoisotopic (exact) mass is 253 g/mol. The van der Waals surface area contributed by atoms with Crippen molar-refractivity contribution in [3.63, 3.8) is 0 Å². The highest BCUT2D eigenvalue weighted by Crippen LogP contribution is 2.23. The van der Waals surface area contributed by atoms with E-state index in [1.165, 1.54) is 17.4 Å². The number of nitro benzene ring substituents is 1. The summed E-state index contributed by atoms with van der Waals surface area (Å²) in [4.78, 5) is 10.8. The summed E-state index contributed by atoms with van der Waals surface area (Å²) < 4.78 is 18.4. The third-order valence-electron chi connectivity index (χ3n) is 2.03. The molecule has 0 N–H and O–H groups in total. The van der Waals surface area contributed by atoms with E-state index < -0.39 is 10.7 Å². The van der Waals surface area contributed by atoms with Crippen LogP contribution in [0.25, 0.3) is 0 Å². The third-order valence-corrected chi connectivity index (χ3v) is 2.88. The van der Waals surface area contributed by atoms with Gasteiger partial charge in [0.1, 0.15) is 18.2 Å². The number of ether oxygens (including phenoxy) is 1. The number of nitrogens with zero attached hydrogens (tertiary/aromatic N) is 1. The molecule has 0 aliphatic rings. The molecule has 0 saturated heterocycles. The molecular weight excluding hydrogens is 245 g/mol. The second-order valence-corrected chi connectivity index (χ2v) is 4.30. The maximum atomic E-state index is 13.1. The molecule has 1 aromatic heterocycles. The van der Waals surface area contributed by atoms with Gasteiger partial charge in [0.2, 0.25) is 0 Å². The standard InChI is InChI=1S/C11H8FNO3S/c12-8-4-9(13(14)15)6-10(5-8)16-7-11-2-1-3-17-11/h1-6H,7H2. The molecule has 0 aliphatic carbocycles. The van der Waals surface area contributed by atoms with Crippen LogP contribution in [-0.4, -0.2) is 4.92 Å². The van der Waals surface area contributed by atoms with Crippen LogP contribution < -0.4 is 4.74 Å². The molecule has 0 radical (unpaired) electrons. The highest BCUT2D eigenvalue weighted by molar-refractivity contribution is 7.09. The van der Waals surface area contributed by atoms with Crippen molar-refractivity contribution in [2.45, 2.75) is 6.61 Å². The molecule has 2 rings (SSSR count). The fourth-order valence-corrected chi connectivity index (χ4v) is 1.90. The average molecular weight is 253 g/mol. The first-order chi connectivity index (χ1) is 8.15. The van der Waals surface area contributed by atoms with Gasteiger partial charge in [-0.25, -0.2) is 4.39 Å². The van der Waals surface area contributed by atoms with Crippen LogP contribution in [0.1, 0.15) is 4.88 Å². The molecule has 2 aromatic rings. The number of halogens is 1. The third kappa shape index (κ3) is 3.01. The molecule has 0 unspecified atom stereocenters. The zero-order valence-corrected chi connectivity index (χ0v) is 9.45. The SMILES string of the molecule is O=[N+]([O-])c1cc(F)cc(OCc2cccs2)c1. The van der Waals surface area contributed by atoms with E-state index in [0.29, 0.717) is 0 Å². The molecule has 4 nitrogen and oxygen atoms in total. The van der Waals surface area contributed by atoms with Crippen molar-refractivity contribution in [2.24, 2.45) is 0 Å². The summed E-state index contributed by atoms with van der Waals surface area (Å²) in [5, 5.41) is 12.4. The highest BCUT2D eigenvalue weighted by atomic mass is 32.1. The summed E-state index contributed by atoms with van der Waals surface area (Å²) in [6, 6.07) is 6.94. The van der Waals surface area contributed by atoms with E-state index in [4.69, 9.17) is 4.74 Å². The summed E-state index contributed by atoms with van der Waals surface area (Å²) in [5.74, 6) is -0.523. The molecule has 0 fully saturated rings. The molecule has 88 valence electrons. The summed E-state index contributed by atoms with van der Waals surface area (Å²) in [7, 11) is 0. The molecule has 0 bridgehead atoms. The van der Waals surface area contributed by atoms with Gasteiger partial charge in [0.15, 0.2) is 0 Å². The number of hydrogen-bond acceptors (Lipinski definition) is 4. The molecule has 6 heteroatoms. The zero-order valence-electron chi connectivity index (χ0n) is 8.63. The summed E-state index contributed by atoms with van der Waals surface area (Å²) in [6.07, 6.45) is 0. The Kier molecular flexibility index (Phi) is 3.34. The maximum Gasteiger partial charge on any atom is 0.276 e. The van der Waals surface area contributed by atoms with Crippen LogP contribution in [0.2, 0.25) is 0 Å². The molecule has 1 heterocycles. The van der Waals surface area contributed by atoms with Crippen molar-refractivity contribution in [1.29, 1.82) is 0 Å². The van der Waals surface area contributed by atoms with Crippen molar-refractivity contribution in [3.8, 4) is 5.75 Å². The molecular formula is C11H8FNO3S. The smallest absolute Gasteiger partial charge is 0.276 e. The average Bonchev–Trinajstić information content (AvgIpc) is 2.78. The Labute approximate surface area is 100 Å². The summed E-state index contributed by atoms with van der Waals surface area (Å²) >= 11 is 1.50. The summed E-state index contributed by atoms with van der Waals surface area (Å²) in [5.41, 5.74) is -0.314. The normalized spacial score (nSPS) is 10.2. The van der Waals surface area contributed by atoms with Gasteiger partial charge < -0.3 is 4.74 Å². The highest BCUT2D eigenvalue weighted by Gasteiger charge is 2.10. The van der Waals surface area contributed by atoms with Crippen LogP contribution in [0.3, 0.4) is 0 Å². The van der Waals surface area contributed by atoms with Crippen molar-refractivity contribution in [3.05, 3.63) is 56.5 Å². The first-order valence-corrected chi connectivity index (χ1v) is 5.63. The van der Waals surface area contributed by atoms with Gasteiger partial charge in [-0.3, -0.25) is 10.1 Å². The molecule has 0 aliphatic heterocycles. The lowest BCUT2D eigenvalue weighted by Crippen LogP contribution is -1.95. The Morgan fingerprint density at radius 1 is 1.41 bits per heavy atom. The molecule has 0 amide bonds. The van der Waals surface area contributed by atoms with Crippen LogP contribution in [0.15, 0.2) is 35.7 Å². The number of benzene rings is 1. The van der Waals surface area contributed by atoms with Crippen LogP contribution in [-0.2, 0) is 6.61 Å². The zero-order chi connectivity index (χ0) is 12.3.